The number of aromatic nitrogens is 4. The molecule has 0 unspecified atom stereocenters. The molecule has 2 N–H and O–H groups in total. The number of ether oxygens (including phenoxy) is 1. The molecule has 0 radical (unpaired) electrons. The van der Waals surface area contributed by atoms with E-state index in [4.69, 9.17) is 14.4 Å². The summed E-state index contributed by atoms with van der Waals surface area (Å²) in [4.78, 5) is 17.1. The molecule has 0 bridgehead atoms. The summed E-state index contributed by atoms with van der Waals surface area (Å²) in [7, 11) is 1.58. The standard InChI is InChI=1S/C20H23N5O4/c1-12-16(10-25(23-12)7-8-26)20(27)21-17-6-4-13-9-14(3-5-15(13)17)19-22-18(11-28-2)29-24-19/h3,5,9-10,17,26H,4,6-8,11H2,1-2H3,(H,21,27)/t17-/m1/s1. The molecule has 1 atom stereocenters. The van der Waals surface area contributed by atoms with Crippen molar-refractivity contribution in [3.63, 3.8) is 0 Å². The van der Waals surface area contributed by atoms with E-state index in [-0.39, 0.29) is 25.2 Å². The molecule has 29 heavy (non-hydrogen) atoms. The Morgan fingerprint density at radius 3 is 3.10 bits per heavy atom. The molecule has 0 aliphatic heterocycles. The number of rotatable bonds is 7. The highest BCUT2D eigenvalue weighted by molar-refractivity contribution is 5.95. The maximum atomic E-state index is 12.7. The van der Waals surface area contributed by atoms with Crippen LogP contribution in [-0.2, 0) is 24.3 Å². The van der Waals surface area contributed by atoms with E-state index in [0.717, 1.165) is 24.0 Å². The van der Waals surface area contributed by atoms with Gasteiger partial charge in [0.15, 0.2) is 0 Å². The van der Waals surface area contributed by atoms with Crippen molar-refractivity contribution in [1.29, 1.82) is 0 Å². The maximum Gasteiger partial charge on any atom is 0.255 e. The molecule has 0 saturated carbocycles. The predicted molar refractivity (Wildman–Crippen MR) is 103 cm³/mol. The second kappa shape index (κ2) is 8.14. The number of benzene rings is 1. The molecule has 9 heteroatoms. The van der Waals surface area contributed by atoms with Crippen LogP contribution in [0.4, 0.5) is 0 Å². The third kappa shape index (κ3) is 3.92. The van der Waals surface area contributed by atoms with Gasteiger partial charge < -0.3 is 19.7 Å². The Morgan fingerprint density at radius 1 is 1.45 bits per heavy atom. The van der Waals surface area contributed by atoms with E-state index in [9.17, 15) is 4.79 Å². The Labute approximate surface area is 167 Å². The summed E-state index contributed by atoms with van der Waals surface area (Å²) in [5.74, 6) is 0.806. The van der Waals surface area contributed by atoms with Gasteiger partial charge in [-0.2, -0.15) is 10.1 Å². The van der Waals surface area contributed by atoms with Crippen molar-refractivity contribution < 1.29 is 19.2 Å². The third-order valence-electron chi connectivity index (χ3n) is 5.04. The first-order valence-corrected chi connectivity index (χ1v) is 9.49. The Hall–Kier alpha value is -3.04. The fourth-order valence-corrected chi connectivity index (χ4v) is 3.65. The zero-order valence-electron chi connectivity index (χ0n) is 16.4. The Morgan fingerprint density at radius 2 is 2.31 bits per heavy atom. The van der Waals surface area contributed by atoms with Gasteiger partial charge in [-0.15, -0.1) is 0 Å². The molecule has 9 nitrogen and oxygen atoms in total. The molecule has 0 fully saturated rings. The van der Waals surface area contributed by atoms with E-state index in [0.29, 0.717) is 29.5 Å². The lowest BCUT2D eigenvalue weighted by molar-refractivity contribution is 0.0936. The molecule has 3 aromatic rings. The molecule has 2 aromatic heterocycles. The third-order valence-corrected chi connectivity index (χ3v) is 5.04. The van der Waals surface area contributed by atoms with Gasteiger partial charge in [-0.1, -0.05) is 17.3 Å². The number of carbonyl (C=O) groups excluding carboxylic acids is 1. The summed E-state index contributed by atoms with van der Waals surface area (Å²) in [6, 6.07) is 5.95. The van der Waals surface area contributed by atoms with Crippen molar-refractivity contribution in [1.82, 2.24) is 25.2 Å². The minimum Gasteiger partial charge on any atom is -0.394 e. The number of carbonyl (C=O) groups is 1. The lowest BCUT2D eigenvalue weighted by Gasteiger charge is -2.14. The van der Waals surface area contributed by atoms with Crippen LogP contribution in [0.25, 0.3) is 11.4 Å². The van der Waals surface area contributed by atoms with Crippen LogP contribution in [0.2, 0.25) is 0 Å². The highest BCUT2D eigenvalue weighted by atomic mass is 16.5. The van der Waals surface area contributed by atoms with E-state index in [1.54, 1.807) is 24.9 Å². The van der Waals surface area contributed by atoms with Crippen LogP contribution in [0.3, 0.4) is 0 Å². The molecule has 0 spiro atoms. The summed E-state index contributed by atoms with van der Waals surface area (Å²) in [6.07, 6.45) is 3.36. The summed E-state index contributed by atoms with van der Waals surface area (Å²) >= 11 is 0. The fourth-order valence-electron chi connectivity index (χ4n) is 3.65. The summed E-state index contributed by atoms with van der Waals surface area (Å²) in [6.45, 7) is 2.42. The minimum atomic E-state index is -0.156. The van der Waals surface area contributed by atoms with Gasteiger partial charge in [-0.05, 0) is 37.0 Å². The first-order valence-electron chi connectivity index (χ1n) is 9.49. The predicted octanol–water partition coefficient (Wildman–Crippen LogP) is 1.80. The molecule has 4 rings (SSSR count). The van der Waals surface area contributed by atoms with Gasteiger partial charge in [0.25, 0.3) is 11.8 Å². The van der Waals surface area contributed by atoms with Crippen LogP contribution in [-0.4, -0.2) is 44.7 Å². The van der Waals surface area contributed by atoms with E-state index < -0.39 is 0 Å². The van der Waals surface area contributed by atoms with Gasteiger partial charge >= 0.3 is 0 Å². The van der Waals surface area contributed by atoms with Crippen molar-refractivity contribution in [2.45, 2.75) is 39.0 Å². The minimum absolute atomic E-state index is 0.0200. The smallest absolute Gasteiger partial charge is 0.255 e. The van der Waals surface area contributed by atoms with Crippen LogP contribution >= 0.6 is 0 Å². The average molecular weight is 397 g/mol. The number of aliphatic hydroxyl groups excluding tert-OH is 1. The van der Waals surface area contributed by atoms with E-state index >= 15 is 0 Å². The Balaban J connectivity index is 1.49. The zero-order chi connectivity index (χ0) is 20.4. The van der Waals surface area contributed by atoms with Gasteiger partial charge in [0.1, 0.15) is 6.61 Å². The number of hydrogen-bond acceptors (Lipinski definition) is 7. The van der Waals surface area contributed by atoms with E-state index in [2.05, 4.69) is 20.6 Å². The normalized spacial score (nSPS) is 15.5. The average Bonchev–Trinajstić information content (AvgIpc) is 3.41. The highest BCUT2D eigenvalue weighted by Gasteiger charge is 2.26. The summed E-state index contributed by atoms with van der Waals surface area (Å²) in [5, 5.41) is 20.4. The largest absolute Gasteiger partial charge is 0.394 e. The maximum absolute atomic E-state index is 12.7. The second-order valence-corrected chi connectivity index (χ2v) is 7.04. The summed E-state index contributed by atoms with van der Waals surface area (Å²) < 4.78 is 11.8. The van der Waals surface area contributed by atoms with Crippen molar-refractivity contribution in [2.75, 3.05) is 13.7 Å². The Kier molecular flexibility index (Phi) is 5.41. The van der Waals surface area contributed by atoms with Gasteiger partial charge in [0.05, 0.1) is 30.5 Å². The van der Waals surface area contributed by atoms with Crippen LogP contribution in [0.15, 0.2) is 28.9 Å². The number of aliphatic hydroxyl groups is 1. The number of nitrogens with one attached hydrogen (secondary N) is 1. The van der Waals surface area contributed by atoms with Gasteiger partial charge in [0.2, 0.25) is 5.82 Å². The lowest BCUT2D eigenvalue weighted by atomic mass is 10.0. The number of aryl methyl sites for hydroxylation is 2. The Bertz CT molecular complexity index is 1030. The van der Waals surface area contributed by atoms with Crippen molar-refractivity contribution >= 4 is 5.91 Å². The van der Waals surface area contributed by atoms with Crippen LogP contribution in [0, 0.1) is 6.92 Å². The number of amides is 1. The monoisotopic (exact) mass is 397 g/mol. The molecular weight excluding hydrogens is 374 g/mol. The van der Waals surface area contributed by atoms with Gasteiger partial charge in [0, 0.05) is 18.9 Å². The lowest BCUT2D eigenvalue weighted by Crippen LogP contribution is -2.27. The quantitative estimate of drug-likeness (QED) is 0.624. The van der Waals surface area contributed by atoms with Crippen LogP contribution < -0.4 is 5.32 Å². The van der Waals surface area contributed by atoms with Gasteiger partial charge in [-0.3, -0.25) is 9.48 Å². The van der Waals surface area contributed by atoms with E-state index in [1.165, 1.54) is 5.56 Å². The number of methoxy groups -OCH3 is 1. The SMILES string of the molecule is COCc1nc(-c2ccc3c(c2)CC[C@H]3NC(=O)c2cn(CCO)nc2C)no1. The zero-order valence-corrected chi connectivity index (χ0v) is 16.4. The van der Waals surface area contributed by atoms with E-state index in [1.807, 2.05) is 18.2 Å². The summed E-state index contributed by atoms with van der Waals surface area (Å²) in [5.41, 5.74) is 4.32. The number of fused-ring (bicyclic) bond motifs is 1. The molecule has 1 amide bonds. The molecule has 2 heterocycles. The number of hydrogen-bond donors (Lipinski definition) is 2. The highest BCUT2D eigenvalue weighted by Crippen LogP contribution is 2.34. The van der Waals surface area contributed by atoms with Crippen LogP contribution in [0.1, 0.15) is 45.5 Å². The first-order chi connectivity index (χ1) is 14.1. The molecule has 0 saturated heterocycles. The van der Waals surface area contributed by atoms with Crippen LogP contribution in [0.5, 0.6) is 0 Å². The fraction of sp³-hybridized carbons (Fsp3) is 0.400. The van der Waals surface area contributed by atoms with Gasteiger partial charge in [-0.25, -0.2) is 0 Å². The molecule has 1 aliphatic rings. The molecule has 1 aliphatic carbocycles. The molecular formula is C20H23N5O4. The molecule has 152 valence electrons. The topological polar surface area (TPSA) is 115 Å². The number of nitrogens with zero attached hydrogens (tertiary/aromatic N) is 4. The second-order valence-electron chi connectivity index (χ2n) is 7.04. The molecule has 1 aromatic carbocycles. The van der Waals surface area contributed by atoms with Crippen molar-refractivity contribution in [2.24, 2.45) is 0 Å². The van der Waals surface area contributed by atoms with Crippen molar-refractivity contribution in [3.8, 4) is 11.4 Å². The van der Waals surface area contributed by atoms with Crippen molar-refractivity contribution in [3.05, 3.63) is 52.7 Å². The first kappa shape index (κ1) is 19.3.